The maximum atomic E-state index is 13.9. The van der Waals surface area contributed by atoms with Gasteiger partial charge in [-0.2, -0.15) is 11.8 Å². The molecule has 0 bridgehead atoms. The molecule has 2 rings (SSSR count). The number of hydrogen-bond donors (Lipinski definition) is 1. The lowest BCUT2D eigenvalue weighted by Crippen LogP contribution is -2.41. The topological polar surface area (TPSA) is 66.5 Å². The van der Waals surface area contributed by atoms with E-state index in [9.17, 15) is 17.6 Å². The Kier molecular flexibility index (Phi) is 6.91. The number of hydrogen-bond acceptors (Lipinski definition) is 4. The lowest BCUT2D eigenvalue weighted by atomic mass is 10.3. The van der Waals surface area contributed by atoms with Crippen LogP contribution in [-0.2, 0) is 14.8 Å². The van der Waals surface area contributed by atoms with Crippen LogP contribution in [0, 0.1) is 5.82 Å². The minimum Gasteiger partial charge on any atom is -0.354 e. The average molecular weight is 375 g/mol. The zero-order valence-electron chi connectivity index (χ0n) is 13.7. The van der Waals surface area contributed by atoms with Crippen molar-refractivity contribution in [2.75, 3.05) is 29.4 Å². The second-order valence-electron chi connectivity index (χ2n) is 5.85. The summed E-state index contributed by atoms with van der Waals surface area (Å²) in [7, 11) is -3.75. The quantitative estimate of drug-likeness (QED) is 0.710. The zero-order chi connectivity index (χ0) is 17.6. The predicted octanol–water partition coefficient (Wildman–Crippen LogP) is 2.38. The fourth-order valence-electron chi connectivity index (χ4n) is 2.69. The van der Waals surface area contributed by atoms with Gasteiger partial charge in [0.25, 0.3) is 0 Å². The van der Waals surface area contributed by atoms with Crippen LogP contribution in [0.25, 0.3) is 0 Å². The van der Waals surface area contributed by atoms with Crippen molar-refractivity contribution in [2.45, 2.75) is 30.9 Å². The van der Waals surface area contributed by atoms with Crippen molar-refractivity contribution >= 4 is 33.4 Å². The summed E-state index contributed by atoms with van der Waals surface area (Å²) >= 11 is 1.84. The Labute approximate surface area is 147 Å². The van der Waals surface area contributed by atoms with Crippen LogP contribution in [0.3, 0.4) is 0 Å². The molecule has 1 fully saturated rings. The smallest absolute Gasteiger partial charge is 0.240 e. The molecule has 1 aromatic rings. The van der Waals surface area contributed by atoms with Crippen molar-refractivity contribution in [2.24, 2.45) is 0 Å². The molecule has 0 aliphatic heterocycles. The van der Waals surface area contributed by atoms with Crippen LogP contribution in [0.1, 0.15) is 25.7 Å². The maximum absolute atomic E-state index is 13.9. The number of carbonyl (C=O) groups is 1. The number of anilines is 1. The van der Waals surface area contributed by atoms with E-state index in [0.29, 0.717) is 11.8 Å². The third-order valence-electron chi connectivity index (χ3n) is 3.89. The fraction of sp³-hybridized carbons (Fsp3) is 0.562. The van der Waals surface area contributed by atoms with Crippen molar-refractivity contribution in [1.82, 2.24) is 5.32 Å². The van der Waals surface area contributed by atoms with Gasteiger partial charge in [0.15, 0.2) is 0 Å². The molecule has 134 valence electrons. The lowest BCUT2D eigenvalue weighted by Gasteiger charge is -2.22. The van der Waals surface area contributed by atoms with Crippen LogP contribution in [-0.4, -0.2) is 44.7 Å². The number of halogens is 1. The summed E-state index contributed by atoms with van der Waals surface area (Å²) in [5.41, 5.74) is -0.115. The molecule has 0 atom stereocenters. The van der Waals surface area contributed by atoms with E-state index in [-0.39, 0.29) is 5.69 Å². The van der Waals surface area contributed by atoms with Crippen molar-refractivity contribution in [3.05, 3.63) is 30.1 Å². The molecule has 24 heavy (non-hydrogen) atoms. The first-order valence-corrected chi connectivity index (χ1v) is 10.9. The third kappa shape index (κ3) is 5.66. The molecule has 0 saturated heterocycles. The van der Waals surface area contributed by atoms with E-state index in [1.165, 1.54) is 49.9 Å². The minimum absolute atomic E-state index is 0.115. The number of nitrogens with zero attached hydrogens (tertiary/aromatic N) is 1. The van der Waals surface area contributed by atoms with E-state index in [2.05, 4.69) is 5.32 Å². The fourth-order valence-corrected chi connectivity index (χ4v) is 4.77. The molecule has 1 saturated carbocycles. The van der Waals surface area contributed by atoms with Gasteiger partial charge in [-0.3, -0.25) is 9.10 Å². The SMILES string of the molecule is CS(=O)(=O)N(CC(=O)NCCSC1CCCC1)c1ccccc1F. The summed E-state index contributed by atoms with van der Waals surface area (Å²) in [4.78, 5) is 12.0. The highest BCUT2D eigenvalue weighted by atomic mass is 32.2. The monoisotopic (exact) mass is 374 g/mol. The second-order valence-corrected chi connectivity index (χ2v) is 9.16. The van der Waals surface area contributed by atoms with Gasteiger partial charge in [0.1, 0.15) is 12.4 Å². The van der Waals surface area contributed by atoms with Gasteiger partial charge >= 0.3 is 0 Å². The largest absolute Gasteiger partial charge is 0.354 e. The number of para-hydroxylation sites is 1. The van der Waals surface area contributed by atoms with Crippen molar-refractivity contribution in [3.8, 4) is 0 Å². The first-order valence-electron chi connectivity index (χ1n) is 7.98. The first-order chi connectivity index (χ1) is 11.4. The van der Waals surface area contributed by atoms with Crippen LogP contribution in [0.2, 0.25) is 0 Å². The molecule has 1 aliphatic carbocycles. The summed E-state index contributed by atoms with van der Waals surface area (Å²) < 4.78 is 38.4. The van der Waals surface area contributed by atoms with Crippen LogP contribution in [0.5, 0.6) is 0 Å². The molecule has 5 nitrogen and oxygen atoms in total. The molecule has 8 heteroatoms. The van der Waals surface area contributed by atoms with E-state index < -0.39 is 28.3 Å². The molecule has 1 N–H and O–H groups in total. The summed E-state index contributed by atoms with van der Waals surface area (Å²) in [5.74, 6) is -0.308. The maximum Gasteiger partial charge on any atom is 0.240 e. The van der Waals surface area contributed by atoms with E-state index in [1.807, 2.05) is 11.8 Å². The number of rotatable bonds is 8. The Morgan fingerprint density at radius 1 is 1.33 bits per heavy atom. The van der Waals surface area contributed by atoms with Gasteiger partial charge in [-0.05, 0) is 25.0 Å². The van der Waals surface area contributed by atoms with Gasteiger partial charge in [0, 0.05) is 17.5 Å². The minimum atomic E-state index is -3.75. The highest BCUT2D eigenvalue weighted by Crippen LogP contribution is 2.28. The first kappa shape index (κ1) is 19.1. The molecule has 0 radical (unpaired) electrons. The van der Waals surface area contributed by atoms with Crippen LogP contribution >= 0.6 is 11.8 Å². The van der Waals surface area contributed by atoms with Crippen LogP contribution in [0.15, 0.2) is 24.3 Å². The number of sulfonamides is 1. The van der Waals surface area contributed by atoms with E-state index in [0.717, 1.165) is 16.3 Å². The van der Waals surface area contributed by atoms with Gasteiger partial charge in [-0.15, -0.1) is 0 Å². The number of carbonyl (C=O) groups excluding carboxylic acids is 1. The van der Waals surface area contributed by atoms with E-state index in [4.69, 9.17) is 0 Å². The van der Waals surface area contributed by atoms with Crippen molar-refractivity contribution in [3.63, 3.8) is 0 Å². The van der Waals surface area contributed by atoms with E-state index >= 15 is 0 Å². The summed E-state index contributed by atoms with van der Waals surface area (Å²) in [6, 6.07) is 5.52. The third-order valence-corrected chi connectivity index (χ3v) is 6.40. The number of benzene rings is 1. The van der Waals surface area contributed by atoms with Crippen molar-refractivity contribution < 1.29 is 17.6 Å². The molecular formula is C16H23FN2O3S2. The normalized spacial score (nSPS) is 15.4. The van der Waals surface area contributed by atoms with Crippen molar-refractivity contribution in [1.29, 1.82) is 0 Å². The van der Waals surface area contributed by atoms with Gasteiger partial charge in [-0.25, -0.2) is 12.8 Å². The number of thioether (sulfide) groups is 1. The molecule has 0 spiro atoms. The molecule has 1 amide bonds. The Morgan fingerprint density at radius 3 is 2.62 bits per heavy atom. The van der Waals surface area contributed by atoms with Gasteiger partial charge in [-0.1, -0.05) is 25.0 Å². The summed E-state index contributed by atoms with van der Waals surface area (Å²) in [6.07, 6.45) is 5.97. The second kappa shape index (κ2) is 8.71. The molecule has 0 unspecified atom stereocenters. The van der Waals surface area contributed by atoms with Crippen LogP contribution in [0.4, 0.5) is 10.1 Å². The summed E-state index contributed by atoms with van der Waals surface area (Å²) in [5, 5.41) is 3.38. The van der Waals surface area contributed by atoms with Crippen LogP contribution < -0.4 is 9.62 Å². The Morgan fingerprint density at radius 2 is 2.00 bits per heavy atom. The standard InChI is InChI=1S/C16H23FN2O3S2/c1-24(21,22)19(15-9-5-4-8-14(15)17)12-16(20)18-10-11-23-13-6-2-3-7-13/h4-5,8-9,13H,2-3,6-7,10-12H2,1H3,(H,18,20). The molecule has 0 heterocycles. The van der Waals surface area contributed by atoms with Gasteiger partial charge in [0.2, 0.25) is 15.9 Å². The Bertz CT molecular complexity index is 661. The Balaban J connectivity index is 1.87. The highest BCUT2D eigenvalue weighted by Gasteiger charge is 2.23. The van der Waals surface area contributed by atoms with Gasteiger partial charge < -0.3 is 5.32 Å². The molecular weight excluding hydrogens is 351 g/mol. The number of amides is 1. The highest BCUT2D eigenvalue weighted by molar-refractivity contribution is 7.99. The van der Waals surface area contributed by atoms with E-state index in [1.54, 1.807) is 0 Å². The lowest BCUT2D eigenvalue weighted by molar-refractivity contribution is -0.119. The zero-order valence-corrected chi connectivity index (χ0v) is 15.3. The number of nitrogens with one attached hydrogen (secondary N) is 1. The Hall–Kier alpha value is -1.28. The molecule has 1 aromatic carbocycles. The summed E-state index contributed by atoms with van der Waals surface area (Å²) in [6.45, 7) is 0.0583. The molecule has 1 aliphatic rings. The predicted molar refractivity (Wildman–Crippen MR) is 96.3 cm³/mol. The van der Waals surface area contributed by atoms with Gasteiger partial charge in [0.05, 0.1) is 11.9 Å². The molecule has 0 aromatic heterocycles. The average Bonchev–Trinajstić information content (AvgIpc) is 3.02.